The third-order valence-corrected chi connectivity index (χ3v) is 8.51. The van der Waals surface area contributed by atoms with Crippen molar-refractivity contribution in [3.8, 4) is 17.2 Å². The van der Waals surface area contributed by atoms with E-state index in [-0.39, 0.29) is 35.9 Å². The van der Waals surface area contributed by atoms with Gasteiger partial charge in [-0.3, -0.25) is 14.5 Å². The molecule has 0 saturated carbocycles. The van der Waals surface area contributed by atoms with Gasteiger partial charge in [0.2, 0.25) is 11.8 Å². The summed E-state index contributed by atoms with van der Waals surface area (Å²) >= 11 is 8.18. The smallest absolute Gasteiger partial charge is 0.240 e. The van der Waals surface area contributed by atoms with Crippen LogP contribution >= 0.6 is 23.4 Å². The number of para-hydroxylation sites is 1. The molecule has 42 heavy (non-hydrogen) atoms. The number of nitrogens with one attached hydrogen (secondary N) is 1. The third kappa shape index (κ3) is 5.87. The molecular weight excluding hydrogens is 576 g/mol. The van der Waals surface area contributed by atoms with Gasteiger partial charge in [0.05, 0.1) is 54.4 Å². The predicted octanol–water partition coefficient (Wildman–Crippen LogP) is 5.92. The molecule has 0 bridgehead atoms. The molecule has 1 aliphatic heterocycles. The number of ether oxygens (including phenoxy) is 2. The molecule has 1 N–H and O–H groups in total. The zero-order valence-corrected chi connectivity index (χ0v) is 25.7. The minimum Gasteiger partial charge on any atom is -0.493 e. The molecule has 4 aromatic rings. The second-order valence-corrected chi connectivity index (χ2v) is 12.3. The summed E-state index contributed by atoms with van der Waals surface area (Å²) in [5, 5.41) is 8.12. The average Bonchev–Trinajstić information content (AvgIpc) is 3.61. The van der Waals surface area contributed by atoms with Crippen molar-refractivity contribution < 1.29 is 23.5 Å². The van der Waals surface area contributed by atoms with Gasteiger partial charge in [-0.15, -0.1) is 11.8 Å². The minimum atomic E-state index is -0.410. The van der Waals surface area contributed by atoms with Gasteiger partial charge < -0.3 is 19.2 Å². The van der Waals surface area contributed by atoms with Crippen molar-refractivity contribution in [2.75, 3.05) is 31.4 Å². The highest BCUT2D eigenvalue weighted by molar-refractivity contribution is 8.00. The Morgan fingerprint density at radius 3 is 2.55 bits per heavy atom. The molecule has 2 aromatic heterocycles. The van der Waals surface area contributed by atoms with Gasteiger partial charge in [0.25, 0.3) is 0 Å². The van der Waals surface area contributed by atoms with Crippen molar-refractivity contribution in [3.05, 3.63) is 88.5 Å². The fourth-order valence-electron chi connectivity index (χ4n) is 4.94. The zero-order chi connectivity index (χ0) is 30.0. The maximum absolute atomic E-state index is 13.9. The lowest BCUT2D eigenvalue weighted by atomic mass is 9.87. The van der Waals surface area contributed by atoms with Crippen LogP contribution in [0.1, 0.15) is 48.6 Å². The fraction of sp³-hybridized carbons (Fsp3) is 0.323. The first-order valence-corrected chi connectivity index (χ1v) is 14.9. The predicted molar refractivity (Wildman–Crippen MR) is 164 cm³/mol. The number of carbonyl (C=O) groups excluding carboxylic acids is 2. The molecule has 0 aliphatic carbocycles. The van der Waals surface area contributed by atoms with Gasteiger partial charge in [-0.05, 0) is 42.0 Å². The van der Waals surface area contributed by atoms with Crippen molar-refractivity contribution >= 4 is 41.0 Å². The van der Waals surface area contributed by atoms with Crippen LogP contribution in [-0.4, -0.2) is 48.1 Å². The number of hydrogen-bond donors (Lipinski definition) is 1. The summed E-state index contributed by atoms with van der Waals surface area (Å²) in [4.78, 5) is 28.6. The Labute approximate surface area is 254 Å². The van der Waals surface area contributed by atoms with E-state index in [1.807, 2.05) is 36.4 Å². The summed E-state index contributed by atoms with van der Waals surface area (Å²) in [7, 11) is 3.19. The number of anilines is 1. The SMILES string of the molecule is COc1ccc([C@H]2SCC(=O)N(CC(=O)NCc3ccco3)c3c2c(C(C)(C)C)nn3-c2ccccc2Cl)cc1OC. The van der Waals surface area contributed by atoms with Crippen molar-refractivity contribution in [1.29, 1.82) is 0 Å². The standard InChI is InChI=1S/C31H33ClN4O5S/c1-31(2,3)29-27-28(19-12-13-23(39-4)24(15-19)40-5)42-18-26(38)35(17-25(37)33-16-20-9-8-14-41-20)30(27)36(34-29)22-11-7-6-10-21(22)32/h6-15,28H,16-18H2,1-5H3,(H,33,37)/t28-/m1/s1. The summed E-state index contributed by atoms with van der Waals surface area (Å²) < 4.78 is 18.2. The van der Waals surface area contributed by atoms with Gasteiger partial charge in [0.1, 0.15) is 18.1 Å². The molecule has 2 aromatic carbocycles. The van der Waals surface area contributed by atoms with Gasteiger partial charge in [-0.1, -0.05) is 50.6 Å². The molecule has 220 valence electrons. The van der Waals surface area contributed by atoms with E-state index >= 15 is 0 Å². The second kappa shape index (κ2) is 12.1. The lowest BCUT2D eigenvalue weighted by molar-refractivity contribution is -0.123. The number of furan rings is 1. The molecule has 0 fully saturated rings. The van der Waals surface area contributed by atoms with Crippen molar-refractivity contribution in [3.63, 3.8) is 0 Å². The molecule has 0 spiro atoms. The number of methoxy groups -OCH3 is 2. The average molecular weight is 609 g/mol. The minimum absolute atomic E-state index is 0.144. The van der Waals surface area contributed by atoms with E-state index in [0.29, 0.717) is 33.8 Å². The van der Waals surface area contributed by atoms with Crippen LogP contribution < -0.4 is 19.7 Å². The summed E-state index contributed by atoms with van der Waals surface area (Å²) in [5.74, 6) is 1.91. The number of rotatable bonds is 8. The Bertz CT molecular complexity index is 1600. The van der Waals surface area contributed by atoms with Crippen molar-refractivity contribution in [2.24, 2.45) is 0 Å². The quantitative estimate of drug-likeness (QED) is 0.265. The maximum Gasteiger partial charge on any atom is 0.240 e. The summed E-state index contributed by atoms with van der Waals surface area (Å²) in [6.07, 6.45) is 1.55. The molecule has 5 rings (SSSR count). The number of aromatic nitrogens is 2. The van der Waals surface area contributed by atoms with Crippen LogP contribution in [0.25, 0.3) is 5.69 Å². The number of carbonyl (C=O) groups is 2. The number of nitrogens with zero attached hydrogens (tertiary/aromatic N) is 3. The van der Waals surface area contributed by atoms with Crippen LogP contribution in [-0.2, 0) is 21.5 Å². The van der Waals surface area contributed by atoms with E-state index in [4.69, 9.17) is 30.6 Å². The number of thioether (sulfide) groups is 1. The molecule has 0 unspecified atom stereocenters. The highest BCUT2D eigenvalue weighted by Crippen LogP contribution is 2.49. The van der Waals surface area contributed by atoms with Crippen molar-refractivity contribution in [2.45, 2.75) is 38.0 Å². The van der Waals surface area contributed by atoms with Gasteiger partial charge >= 0.3 is 0 Å². The Kier molecular flexibility index (Phi) is 8.56. The number of hydrogen-bond acceptors (Lipinski definition) is 7. The molecule has 0 radical (unpaired) electrons. The van der Waals surface area contributed by atoms with Gasteiger partial charge in [0, 0.05) is 11.0 Å². The first-order valence-electron chi connectivity index (χ1n) is 13.4. The molecule has 1 aliphatic rings. The second-order valence-electron chi connectivity index (χ2n) is 10.8. The molecule has 0 saturated heterocycles. The van der Waals surface area contributed by atoms with E-state index in [9.17, 15) is 9.59 Å². The van der Waals surface area contributed by atoms with Gasteiger partial charge in [-0.25, -0.2) is 4.68 Å². The van der Waals surface area contributed by atoms with Crippen LogP contribution in [0.3, 0.4) is 0 Å². The largest absolute Gasteiger partial charge is 0.493 e. The normalized spacial score (nSPS) is 15.2. The van der Waals surface area contributed by atoms with Crippen LogP contribution in [0.15, 0.2) is 65.3 Å². The van der Waals surface area contributed by atoms with Gasteiger partial charge in [0.15, 0.2) is 11.5 Å². The van der Waals surface area contributed by atoms with E-state index in [0.717, 1.165) is 16.8 Å². The van der Waals surface area contributed by atoms with Crippen LogP contribution in [0.5, 0.6) is 11.5 Å². The monoisotopic (exact) mass is 608 g/mol. The fourth-order valence-corrected chi connectivity index (χ4v) is 6.35. The first-order chi connectivity index (χ1) is 20.1. The summed E-state index contributed by atoms with van der Waals surface area (Å²) in [6.45, 7) is 6.24. The number of amides is 2. The molecule has 11 heteroatoms. The molecule has 1 atom stereocenters. The van der Waals surface area contributed by atoms with E-state index in [1.54, 1.807) is 43.4 Å². The van der Waals surface area contributed by atoms with Gasteiger partial charge in [-0.2, -0.15) is 5.10 Å². The summed E-state index contributed by atoms with van der Waals surface area (Å²) in [6, 6.07) is 16.6. The van der Waals surface area contributed by atoms with E-state index < -0.39 is 5.41 Å². The highest BCUT2D eigenvalue weighted by Gasteiger charge is 2.40. The molecular formula is C31H33ClN4O5S. The lowest BCUT2D eigenvalue weighted by Crippen LogP contribution is -2.42. The van der Waals surface area contributed by atoms with Crippen molar-refractivity contribution in [1.82, 2.24) is 15.1 Å². The van der Waals surface area contributed by atoms with Crippen LogP contribution in [0.2, 0.25) is 5.02 Å². The Morgan fingerprint density at radius 1 is 1.12 bits per heavy atom. The Balaban J connectivity index is 1.70. The Morgan fingerprint density at radius 2 is 1.88 bits per heavy atom. The topological polar surface area (TPSA) is 98.8 Å². The summed E-state index contributed by atoms with van der Waals surface area (Å²) in [5.41, 5.74) is 2.74. The molecule has 2 amide bonds. The lowest BCUT2D eigenvalue weighted by Gasteiger charge is -2.25. The van der Waals surface area contributed by atoms with E-state index in [1.165, 1.54) is 16.7 Å². The maximum atomic E-state index is 13.9. The number of fused-ring (bicyclic) bond motifs is 1. The Hall–Kier alpha value is -3.89. The zero-order valence-electron chi connectivity index (χ0n) is 24.1. The molecule has 3 heterocycles. The third-order valence-electron chi connectivity index (χ3n) is 6.93. The van der Waals surface area contributed by atoms with E-state index in [2.05, 4.69) is 26.1 Å². The van der Waals surface area contributed by atoms with Crippen LogP contribution in [0, 0.1) is 0 Å². The van der Waals surface area contributed by atoms with Crippen LogP contribution in [0.4, 0.5) is 5.82 Å². The first kappa shape index (κ1) is 29.6. The number of benzene rings is 2. The molecule has 9 nitrogen and oxygen atoms in total. The number of halogens is 1. The highest BCUT2D eigenvalue weighted by atomic mass is 35.5.